The molecule has 4 rings (SSSR count). The van der Waals surface area contributed by atoms with Crippen LogP contribution >= 0.6 is 0 Å². The highest BCUT2D eigenvalue weighted by atomic mass is 19.4. The zero-order valence-electron chi connectivity index (χ0n) is 17.1. The smallest absolute Gasteiger partial charge is 0.507 e. The first-order valence-corrected chi connectivity index (χ1v) is 9.64. The molecule has 1 aliphatic rings. The van der Waals surface area contributed by atoms with Gasteiger partial charge in [-0.05, 0) is 79.8 Å². The normalized spacial score (nSPS) is 13.0. The fourth-order valence-corrected chi connectivity index (χ4v) is 4.40. The van der Waals surface area contributed by atoms with Crippen molar-refractivity contribution in [2.75, 3.05) is 0 Å². The number of aromatic hydroxyl groups is 1. The molecule has 1 aliphatic heterocycles. The van der Waals surface area contributed by atoms with Crippen LogP contribution in [-0.4, -0.2) is 27.1 Å². The third-order valence-electron chi connectivity index (χ3n) is 5.69. The van der Waals surface area contributed by atoms with Gasteiger partial charge in [0.15, 0.2) is 0 Å². The number of nitrogens with zero attached hydrogens (tertiary/aromatic N) is 1. The van der Waals surface area contributed by atoms with Crippen molar-refractivity contribution in [3.8, 4) is 33.9 Å². The van der Waals surface area contributed by atoms with E-state index in [1.807, 2.05) is 11.5 Å². The monoisotopic (exact) mass is 431 g/mol. The highest BCUT2D eigenvalue weighted by Gasteiger charge is 2.33. The number of hydrogen-bond acceptors (Lipinski definition) is 3. The van der Waals surface area contributed by atoms with E-state index in [0.29, 0.717) is 52.0 Å². The van der Waals surface area contributed by atoms with Gasteiger partial charge >= 0.3 is 12.3 Å². The minimum absolute atomic E-state index is 0.0902. The molecule has 8 heteroatoms. The van der Waals surface area contributed by atoms with E-state index in [4.69, 9.17) is 0 Å². The molecule has 0 radical (unpaired) electrons. The van der Waals surface area contributed by atoms with Crippen molar-refractivity contribution in [2.24, 2.45) is 0 Å². The van der Waals surface area contributed by atoms with Crippen molar-refractivity contribution in [1.82, 2.24) is 4.57 Å². The lowest BCUT2D eigenvalue weighted by atomic mass is 9.92. The first kappa shape index (κ1) is 20.8. The van der Waals surface area contributed by atoms with Crippen LogP contribution in [0.25, 0.3) is 22.4 Å². The van der Waals surface area contributed by atoms with E-state index in [9.17, 15) is 28.2 Å². The van der Waals surface area contributed by atoms with Crippen molar-refractivity contribution in [2.45, 2.75) is 40.1 Å². The highest BCUT2D eigenvalue weighted by molar-refractivity contribution is 6.04. The number of carbonyl (C=O) groups is 1. The van der Waals surface area contributed by atoms with E-state index in [1.165, 1.54) is 18.2 Å². The molecule has 0 spiro atoms. The Labute approximate surface area is 176 Å². The summed E-state index contributed by atoms with van der Waals surface area (Å²) in [4.78, 5) is 12.3. The predicted octanol–water partition coefficient (Wildman–Crippen LogP) is 5.61. The maximum atomic E-state index is 12.6. The summed E-state index contributed by atoms with van der Waals surface area (Å²) in [5.41, 5.74) is 4.93. The molecule has 2 aromatic carbocycles. The largest absolute Gasteiger partial charge is 0.573 e. The van der Waals surface area contributed by atoms with E-state index in [-0.39, 0.29) is 17.1 Å². The lowest BCUT2D eigenvalue weighted by molar-refractivity contribution is -0.274. The molecular formula is C23H20F3NO4. The topological polar surface area (TPSA) is 71.7 Å². The Kier molecular flexibility index (Phi) is 4.76. The van der Waals surface area contributed by atoms with Gasteiger partial charge in [0.25, 0.3) is 0 Å². The van der Waals surface area contributed by atoms with Gasteiger partial charge in [-0.2, -0.15) is 0 Å². The minimum atomic E-state index is -4.80. The minimum Gasteiger partial charge on any atom is -0.507 e. The molecule has 3 aromatic rings. The Hall–Kier alpha value is -3.42. The summed E-state index contributed by atoms with van der Waals surface area (Å²) in [6.45, 7) is 5.75. The van der Waals surface area contributed by atoms with Crippen molar-refractivity contribution in [3.63, 3.8) is 0 Å². The molecular weight excluding hydrogens is 411 g/mol. The fourth-order valence-electron chi connectivity index (χ4n) is 4.40. The van der Waals surface area contributed by atoms with Crippen LogP contribution in [0.3, 0.4) is 0 Å². The second-order valence-electron chi connectivity index (χ2n) is 7.72. The van der Waals surface area contributed by atoms with Gasteiger partial charge in [0, 0.05) is 23.4 Å². The Balaban J connectivity index is 1.94. The third kappa shape index (κ3) is 3.52. The molecule has 162 valence electrons. The maximum absolute atomic E-state index is 12.6. The Morgan fingerprint density at radius 2 is 1.74 bits per heavy atom. The molecule has 0 fully saturated rings. The van der Waals surface area contributed by atoms with Gasteiger partial charge in [0.1, 0.15) is 11.5 Å². The molecule has 2 heterocycles. The maximum Gasteiger partial charge on any atom is 0.573 e. The number of phenolic OH excluding ortho intramolecular Hbond substituents is 1. The number of aryl methyl sites for hydroxylation is 3. The SMILES string of the molecule is Cc1cc(-c2c(C(=O)O)c3n(c2C)CCc2cc(OC(F)(F)F)ccc2-3)cc(C)c1O. The van der Waals surface area contributed by atoms with Crippen LogP contribution in [0.4, 0.5) is 13.2 Å². The fraction of sp³-hybridized carbons (Fsp3) is 0.261. The van der Waals surface area contributed by atoms with Crippen LogP contribution in [0.1, 0.15) is 32.7 Å². The number of aromatic nitrogens is 1. The molecule has 1 aromatic heterocycles. The van der Waals surface area contributed by atoms with Crippen LogP contribution in [0.2, 0.25) is 0 Å². The van der Waals surface area contributed by atoms with Gasteiger partial charge in [0.2, 0.25) is 0 Å². The summed E-state index contributed by atoms with van der Waals surface area (Å²) in [6.07, 6.45) is -4.35. The average molecular weight is 431 g/mol. The number of carboxylic acid groups (broad SMARTS) is 1. The summed E-state index contributed by atoms with van der Waals surface area (Å²) < 4.78 is 43.7. The Morgan fingerprint density at radius 3 is 2.32 bits per heavy atom. The van der Waals surface area contributed by atoms with E-state index in [0.717, 1.165) is 5.69 Å². The number of hydrogen-bond donors (Lipinski definition) is 2. The van der Waals surface area contributed by atoms with Crippen molar-refractivity contribution in [1.29, 1.82) is 0 Å². The average Bonchev–Trinajstić information content (AvgIpc) is 2.97. The van der Waals surface area contributed by atoms with Crippen molar-refractivity contribution >= 4 is 5.97 Å². The van der Waals surface area contributed by atoms with Gasteiger partial charge in [-0.25, -0.2) is 4.79 Å². The first-order valence-electron chi connectivity index (χ1n) is 9.64. The number of ether oxygens (including phenoxy) is 1. The summed E-state index contributed by atoms with van der Waals surface area (Å²) in [6, 6.07) is 7.47. The standard InChI is InChI=1S/C23H20F3NO4/c1-11-8-15(9-12(2)21(11)28)18-13(3)27-7-6-14-10-16(31-23(24,25)26)4-5-17(14)20(27)19(18)22(29)30/h4-5,8-10,28H,6-7H2,1-3H3,(H,29,30). The van der Waals surface area contributed by atoms with Crippen LogP contribution in [0, 0.1) is 20.8 Å². The summed E-state index contributed by atoms with van der Waals surface area (Å²) in [7, 11) is 0. The number of benzene rings is 2. The zero-order chi connectivity index (χ0) is 22.7. The zero-order valence-corrected chi connectivity index (χ0v) is 17.1. The second-order valence-corrected chi connectivity index (χ2v) is 7.72. The molecule has 0 atom stereocenters. The van der Waals surface area contributed by atoms with Crippen molar-refractivity contribution < 1.29 is 32.9 Å². The van der Waals surface area contributed by atoms with Gasteiger partial charge in [-0.3, -0.25) is 0 Å². The molecule has 31 heavy (non-hydrogen) atoms. The quantitative estimate of drug-likeness (QED) is 0.566. The van der Waals surface area contributed by atoms with Gasteiger partial charge in [-0.15, -0.1) is 13.2 Å². The summed E-state index contributed by atoms with van der Waals surface area (Å²) in [5.74, 6) is -1.30. The molecule has 0 saturated carbocycles. The van der Waals surface area contributed by atoms with E-state index >= 15 is 0 Å². The molecule has 0 bridgehead atoms. The second kappa shape index (κ2) is 7.08. The lowest BCUT2D eigenvalue weighted by Gasteiger charge is -2.22. The first-order chi connectivity index (χ1) is 14.5. The summed E-state index contributed by atoms with van der Waals surface area (Å²) >= 11 is 0. The van der Waals surface area contributed by atoms with Crippen LogP contribution in [-0.2, 0) is 13.0 Å². The van der Waals surface area contributed by atoms with E-state index < -0.39 is 12.3 Å². The highest BCUT2D eigenvalue weighted by Crippen LogP contribution is 2.44. The Bertz CT molecular complexity index is 1200. The van der Waals surface area contributed by atoms with Gasteiger partial charge in [-0.1, -0.05) is 0 Å². The number of rotatable bonds is 3. The van der Waals surface area contributed by atoms with Gasteiger partial charge in [0.05, 0.1) is 11.3 Å². The molecule has 0 aliphatic carbocycles. The van der Waals surface area contributed by atoms with E-state index in [2.05, 4.69) is 4.74 Å². The number of carboxylic acids is 1. The molecule has 0 saturated heterocycles. The van der Waals surface area contributed by atoms with Crippen LogP contribution in [0.15, 0.2) is 30.3 Å². The Morgan fingerprint density at radius 1 is 1.10 bits per heavy atom. The number of halogens is 3. The third-order valence-corrected chi connectivity index (χ3v) is 5.69. The predicted molar refractivity (Wildman–Crippen MR) is 109 cm³/mol. The molecule has 0 unspecified atom stereocenters. The molecule has 0 amide bonds. The number of aromatic carboxylic acids is 1. The summed E-state index contributed by atoms with van der Waals surface area (Å²) in [5, 5.41) is 20.2. The number of fused-ring (bicyclic) bond motifs is 3. The lowest BCUT2D eigenvalue weighted by Crippen LogP contribution is -2.18. The number of phenols is 1. The van der Waals surface area contributed by atoms with Crippen LogP contribution in [0.5, 0.6) is 11.5 Å². The molecule has 2 N–H and O–H groups in total. The molecule has 5 nitrogen and oxygen atoms in total. The number of alkyl halides is 3. The van der Waals surface area contributed by atoms with Crippen molar-refractivity contribution in [3.05, 3.63) is 58.3 Å². The van der Waals surface area contributed by atoms with E-state index in [1.54, 1.807) is 26.0 Å². The van der Waals surface area contributed by atoms with Gasteiger partial charge < -0.3 is 19.5 Å². The van der Waals surface area contributed by atoms with Crippen LogP contribution < -0.4 is 4.74 Å².